The van der Waals surface area contributed by atoms with E-state index in [1.807, 2.05) is 0 Å². The van der Waals surface area contributed by atoms with Crippen LogP contribution in [0.4, 0.5) is 5.69 Å². The van der Waals surface area contributed by atoms with Gasteiger partial charge >= 0.3 is 0 Å². The van der Waals surface area contributed by atoms with Crippen LogP contribution in [0.1, 0.15) is 11.1 Å². The van der Waals surface area contributed by atoms with Gasteiger partial charge in [-0.2, -0.15) is 5.26 Å². The molecule has 0 aliphatic rings. The van der Waals surface area contributed by atoms with Crippen molar-refractivity contribution >= 4 is 49.2 Å². The summed E-state index contributed by atoms with van der Waals surface area (Å²) >= 11 is 6.80. The Kier molecular flexibility index (Phi) is 5.53. The number of methoxy groups -OCH3 is 1. The zero-order chi connectivity index (χ0) is 17.0. The average molecular weight is 438 g/mol. The van der Waals surface area contributed by atoms with Crippen molar-refractivity contribution in [3.63, 3.8) is 0 Å². The number of nitro groups is 1. The second-order valence-electron chi connectivity index (χ2n) is 4.50. The molecule has 5 nitrogen and oxygen atoms in total. The fourth-order valence-corrected chi connectivity index (χ4v) is 3.54. The van der Waals surface area contributed by atoms with Crippen LogP contribution >= 0.6 is 31.9 Å². The smallest absolute Gasteiger partial charge is 0.270 e. The van der Waals surface area contributed by atoms with Gasteiger partial charge in [0.25, 0.3) is 5.69 Å². The lowest BCUT2D eigenvalue weighted by molar-refractivity contribution is -0.384. The molecule has 0 heterocycles. The first kappa shape index (κ1) is 17.2. The topological polar surface area (TPSA) is 76.2 Å². The van der Waals surface area contributed by atoms with Crippen molar-refractivity contribution in [1.82, 2.24) is 0 Å². The van der Waals surface area contributed by atoms with Crippen LogP contribution in [0.2, 0.25) is 0 Å². The lowest BCUT2D eigenvalue weighted by Crippen LogP contribution is -1.90. The molecule has 0 saturated carbocycles. The predicted molar refractivity (Wildman–Crippen MR) is 95.0 cm³/mol. The van der Waals surface area contributed by atoms with Crippen molar-refractivity contribution in [3.8, 4) is 11.8 Å². The van der Waals surface area contributed by atoms with Crippen LogP contribution in [0.3, 0.4) is 0 Å². The minimum absolute atomic E-state index is 0.0549. The van der Waals surface area contributed by atoms with E-state index in [1.165, 1.54) is 12.1 Å². The van der Waals surface area contributed by atoms with Gasteiger partial charge in [0.2, 0.25) is 0 Å². The highest BCUT2D eigenvalue weighted by molar-refractivity contribution is 9.11. The summed E-state index contributed by atoms with van der Waals surface area (Å²) in [6.07, 6.45) is 1.66. The third-order valence-corrected chi connectivity index (χ3v) is 4.20. The Morgan fingerprint density at radius 3 is 2.48 bits per heavy atom. The number of hydrogen-bond acceptors (Lipinski definition) is 4. The van der Waals surface area contributed by atoms with E-state index in [0.717, 1.165) is 14.5 Å². The number of rotatable bonds is 4. The average Bonchev–Trinajstić information content (AvgIpc) is 2.52. The Morgan fingerprint density at radius 1 is 1.30 bits per heavy atom. The summed E-state index contributed by atoms with van der Waals surface area (Å²) in [7, 11) is 1.56. The second kappa shape index (κ2) is 7.40. The minimum Gasteiger partial charge on any atom is -0.494 e. The molecular formula is C16H10Br2N2O3. The molecule has 0 atom stereocenters. The number of halogens is 2. The quantitative estimate of drug-likeness (QED) is 0.285. The monoisotopic (exact) mass is 436 g/mol. The molecule has 0 N–H and O–H groups in total. The lowest BCUT2D eigenvalue weighted by Gasteiger charge is -2.07. The molecule has 116 valence electrons. The van der Waals surface area contributed by atoms with E-state index >= 15 is 0 Å². The van der Waals surface area contributed by atoms with E-state index < -0.39 is 4.92 Å². The van der Waals surface area contributed by atoms with Crippen LogP contribution in [-0.2, 0) is 0 Å². The molecule has 23 heavy (non-hydrogen) atoms. The highest BCUT2D eigenvalue weighted by Crippen LogP contribution is 2.35. The van der Waals surface area contributed by atoms with Crippen molar-refractivity contribution < 1.29 is 9.66 Å². The number of non-ortho nitro benzene ring substituents is 1. The van der Waals surface area contributed by atoms with Gasteiger partial charge in [0.1, 0.15) is 5.75 Å². The highest BCUT2D eigenvalue weighted by atomic mass is 79.9. The summed E-state index contributed by atoms with van der Waals surface area (Å²) in [5, 5.41) is 20.2. The normalized spacial score (nSPS) is 11.0. The van der Waals surface area contributed by atoms with Gasteiger partial charge in [-0.1, -0.05) is 12.1 Å². The number of ether oxygens (including phenoxy) is 1. The van der Waals surface area contributed by atoms with Gasteiger partial charge < -0.3 is 4.74 Å². The van der Waals surface area contributed by atoms with Gasteiger partial charge in [-0.05, 0) is 61.2 Å². The van der Waals surface area contributed by atoms with Gasteiger partial charge in [-0.3, -0.25) is 10.1 Å². The molecule has 7 heteroatoms. The van der Waals surface area contributed by atoms with Crippen LogP contribution in [0.15, 0.2) is 45.3 Å². The molecule has 0 aliphatic carbocycles. The summed E-state index contributed by atoms with van der Waals surface area (Å²) in [6, 6.07) is 11.7. The first-order valence-corrected chi connectivity index (χ1v) is 7.94. The van der Waals surface area contributed by atoms with E-state index in [-0.39, 0.29) is 5.69 Å². The molecule has 2 aromatic rings. The van der Waals surface area contributed by atoms with Gasteiger partial charge in [0.15, 0.2) is 0 Å². The Hall–Kier alpha value is -2.17. The third-order valence-electron chi connectivity index (χ3n) is 3.02. The molecule has 0 fully saturated rings. The summed E-state index contributed by atoms with van der Waals surface area (Å²) in [4.78, 5) is 10.4. The molecule has 0 aromatic heterocycles. The van der Waals surface area contributed by atoms with Gasteiger partial charge in [0, 0.05) is 12.1 Å². The van der Waals surface area contributed by atoms with Gasteiger partial charge in [0.05, 0.1) is 32.6 Å². The molecule has 0 radical (unpaired) electrons. The van der Waals surface area contributed by atoms with Crippen molar-refractivity contribution in [2.45, 2.75) is 0 Å². The Labute approximate surface area is 149 Å². The minimum atomic E-state index is -0.487. The second-order valence-corrected chi connectivity index (χ2v) is 6.20. The number of nitrogens with zero attached hydrogens (tertiary/aromatic N) is 2. The number of allylic oxidation sites excluding steroid dienone is 1. The summed E-state index contributed by atoms with van der Waals surface area (Å²) in [6.45, 7) is 0. The Balaban J connectivity index is 2.50. The SMILES string of the molecule is COc1c(Br)cc(/C=C(/C#N)c2cccc([N+](=O)[O-])c2)cc1Br. The van der Waals surface area contributed by atoms with Crippen LogP contribution in [-0.4, -0.2) is 12.0 Å². The number of nitriles is 1. The lowest BCUT2D eigenvalue weighted by atomic mass is 10.0. The van der Waals surface area contributed by atoms with Crippen LogP contribution in [0.25, 0.3) is 11.6 Å². The largest absolute Gasteiger partial charge is 0.494 e. The third kappa shape index (κ3) is 3.97. The molecule has 0 amide bonds. The molecular weight excluding hydrogens is 428 g/mol. The Morgan fingerprint density at radius 2 is 1.96 bits per heavy atom. The van der Waals surface area contributed by atoms with E-state index in [1.54, 1.807) is 37.5 Å². The summed E-state index contributed by atoms with van der Waals surface area (Å²) in [5.41, 5.74) is 1.52. The first-order valence-electron chi connectivity index (χ1n) is 6.36. The first-order chi connectivity index (χ1) is 11.0. The standard InChI is InChI=1S/C16H10Br2N2O3/c1-23-16-14(17)6-10(7-15(16)18)5-12(9-19)11-3-2-4-13(8-11)20(21)22/h2-8H,1H3/b12-5-. The molecule has 0 bridgehead atoms. The van der Waals surface area contributed by atoms with E-state index in [2.05, 4.69) is 37.9 Å². The molecule has 0 aliphatic heterocycles. The van der Waals surface area contributed by atoms with Crippen molar-refractivity contribution in [2.24, 2.45) is 0 Å². The van der Waals surface area contributed by atoms with Crippen LogP contribution in [0, 0.1) is 21.4 Å². The maximum Gasteiger partial charge on any atom is 0.270 e. The zero-order valence-corrected chi connectivity index (χ0v) is 15.1. The molecule has 2 rings (SSSR count). The van der Waals surface area contributed by atoms with Crippen molar-refractivity contribution in [1.29, 1.82) is 5.26 Å². The zero-order valence-electron chi connectivity index (χ0n) is 11.9. The van der Waals surface area contributed by atoms with Crippen LogP contribution < -0.4 is 4.74 Å². The predicted octanol–water partition coefficient (Wildman–Crippen LogP) is 5.19. The van der Waals surface area contributed by atoms with E-state index in [0.29, 0.717) is 16.9 Å². The molecule has 0 spiro atoms. The number of benzene rings is 2. The van der Waals surface area contributed by atoms with E-state index in [9.17, 15) is 15.4 Å². The molecule has 2 aromatic carbocycles. The van der Waals surface area contributed by atoms with Crippen molar-refractivity contribution in [2.75, 3.05) is 7.11 Å². The summed E-state index contributed by atoms with van der Waals surface area (Å²) in [5.74, 6) is 0.649. The number of hydrogen-bond donors (Lipinski definition) is 0. The fraction of sp³-hybridized carbons (Fsp3) is 0.0625. The van der Waals surface area contributed by atoms with Crippen LogP contribution in [0.5, 0.6) is 5.75 Å². The molecule has 0 saturated heterocycles. The maximum atomic E-state index is 10.9. The molecule has 0 unspecified atom stereocenters. The van der Waals surface area contributed by atoms with E-state index in [4.69, 9.17) is 4.74 Å². The number of nitro benzene ring substituents is 1. The van der Waals surface area contributed by atoms with Gasteiger partial charge in [-0.15, -0.1) is 0 Å². The van der Waals surface area contributed by atoms with Gasteiger partial charge in [-0.25, -0.2) is 0 Å². The highest BCUT2D eigenvalue weighted by Gasteiger charge is 2.11. The summed E-state index contributed by atoms with van der Waals surface area (Å²) < 4.78 is 6.70. The maximum absolute atomic E-state index is 10.9. The van der Waals surface area contributed by atoms with Crippen molar-refractivity contribution in [3.05, 3.63) is 66.6 Å². The Bertz CT molecular complexity index is 818. The fourth-order valence-electron chi connectivity index (χ4n) is 1.99.